The van der Waals surface area contributed by atoms with Crippen LogP contribution in [-0.2, 0) is 12.8 Å². The Kier molecular flexibility index (Phi) is 2.59. The third kappa shape index (κ3) is 1.66. The number of aryl methyl sites for hydroxylation is 2. The molecule has 0 radical (unpaired) electrons. The Labute approximate surface area is 118 Å². The number of hydrogen-bond donors (Lipinski definition) is 0. The number of aromatic nitrogens is 3. The highest BCUT2D eigenvalue weighted by atomic mass is 15.2. The number of hydrogen-bond acceptors (Lipinski definition) is 2. The molecule has 0 spiro atoms. The summed E-state index contributed by atoms with van der Waals surface area (Å²) in [5.74, 6) is 0.796. The maximum atomic E-state index is 4.45. The van der Waals surface area contributed by atoms with Crippen LogP contribution in [0.3, 0.4) is 0 Å². The van der Waals surface area contributed by atoms with Crippen molar-refractivity contribution >= 4 is 10.9 Å². The van der Waals surface area contributed by atoms with Crippen molar-refractivity contribution in [3.63, 3.8) is 0 Å². The van der Waals surface area contributed by atoms with E-state index >= 15 is 0 Å². The van der Waals surface area contributed by atoms with Crippen molar-refractivity contribution in [1.82, 2.24) is 14.5 Å². The minimum absolute atomic E-state index is 0.796. The quantitative estimate of drug-likeness (QED) is 0.671. The van der Waals surface area contributed by atoms with Gasteiger partial charge in [-0.15, -0.1) is 0 Å². The van der Waals surface area contributed by atoms with Gasteiger partial charge < -0.3 is 0 Å². The lowest BCUT2D eigenvalue weighted by Gasteiger charge is -2.14. The van der Waals surface area contributed by atoms with E-state index in [1.54, 1.807) is 0 Å². The van der Waals surface area contributed by atoms with Crippen molar-refractivity contribution in [3.8, 4) is 5.95 Å². The van der Waals surface area contributed by atoms with Gasteiger partial charge in [-0.2, -0.15) is 0 Å². The third-order valence-corrected chi connectivity index (χ3v) is 4.18. The minimum atomic E-state index is 0.796. The summed E-state index contributed by atoms with van der Waals surface area (Å²) in [6.07, 6.45) is 8.48. The highest BCUT2D eigenvalue weighted by Gasteiger charge is 2.21. The van der Waals surface area contributed by atoms with Crippen LogP contribution >= 0.6 is 0 Å². The summed E-state index contributed by atoms with van der Waals surface area (Å²) in [6.45, 7) is 2.16. The molecule has 100 valence electrons. The van der Waals surface area contributed by atoms with Gasteiger partial charge in [0.05, 0.1) is 5.52 Å². The minimum Gasteiger partial charge on any atom is -0.282 e. The highest BCUT2D eigenvalue weighted by molar-refractivity contribution is 5.87. The summed E-state index contributed by atoms with van der Waals surface area (Å²) in [6, 6.07) is 8.55. The molecule has 20 heavy (non-hydrogen) atoms. The van der Waals surface area contributed by atoms with Crippen LogP contribution < -0.4 is 0 Å². The monoisotopic (exact) mass is 263 g/mol. The second-order valence-electron chi connectivity index (χ2n) is 5.54. The van der Waals surface area contributed by atoms with Gasteiger partial charge in [-0.1, -0.05) is 11.6 Å². The second kappa shape index (κ2) is 4.44. The van der Waals surface area contributed by atoms with Gasteiger partial charge in [0.25, 0.3) is 0 Å². The molecule has 3 nitrogen and oxygen atoms in total. The Hall–Kier alpha value is -2.16. The molecule has 0 unspecified atom stereocenters. The average molecular weight is 263 g/mol. The lowest BCUT2D eigenvalue weighted by atomic mass is 9.95. The molecular weight excluding hydrogens is 246 g/mol. The zero-order valence-corrected chi connectivity index (χ0v) is 11.6. The SMILES string of the molecule is Cc1ccc2c(c1)c1c(n2-c2ncccn2)CCCC1. The predicted octanol–water partition coefficient (Wildman–Crippen LogP) is 3.61. The van der Waals surface area contributed by atoms with Crippen molar-refractivity contribution in [1.29, 1.82) is 0 Å². The van der Waals surface area contributed by atoms with Crippen molar-refractivity contribution in [3.05, 3.63) is 53.5 Å². The summed E-state index contributed by atoms with van der Waals surface area (Å²) in [4.78, 5) is 8.91. The Morgan fingerprint density at radius 1 is 1.05 bits per heavy atom. The molecule has 0 atom stereocenters. The molecule has 1 aliphatic rings. The van der Waals surface area contributed by atoms with Crippen LogP contribution in [-0.4, -0.2) is 14.5 Å². The molecule has 1 aliphatic carbocycles. The van der Waals surface area contributed by atoms with Crippen LogP contribution in [0, 0.1) is 6.92 Å². The van der Waals surface area contributed by atoms with Gasteiger partial charge in [-0.05, 0) is 56.4 Å². The highest BCUT2D eigenvalue weighted by Crippen LogP contribution is 2.34. The normalized spacial score (nSPS) is 14.4. The maximum absolute atomic E-state index is 4.45. The molecule has 0 aliphatic heterocycles. The number of fused-ring (bicyclic) bond motifs is 3. The van der Waals surface area contributed by atoms with E-state index in [4.69, 9.17) is 0 Å². The predicted molar refractivity (Wildman–Crippen MR) is 80.2 cm³/mol. The molecule has 0 amide bonds. The van der Waals surface area contributed by atoms with E-state index in [0.717, 1.165) is 12.4 Å². The molecular formula is C17H17N3. The van der Waals surface area contributed by atoms with Crippen molar-refractivity contribution in [2.24, 2.45) is 0 Å². The Morgan fingerprint density at radius 2 is 1.85 bits per heavy atom. The summed E-state index contributed by atoms with van der Waals surface area (Å²) in [5.41, 5.74) is 5.47. The van der Waals surface area contributed by atoms with Gasteiger partial charge in [-0.25, -0.2) is 9.97 Å². The molecule has 2 heterocycles. The fourth-order valence-electron chi connectivity index (χ4n) is 3.29. The molecule has 0 saturated heterocycles. The van der Waals surface area contributed by atoms with Crippen molar-refractivity contribution < 1.29 is 0 Å². The summed E-state index contributed by atoms with van der Waals surface area (Å²) >= 11 is 0. The molecule has 1 aromatic carbocycles. The summed E-state index contributed by atoms with van der Waals surface area (Å²) in [7, 11) is 0. The van der Waals surface area contributed by atoms with E-state index in [0.29, 0.717) is 0 Å². The first-order valence-electron chi connectivity index (χ1n) is 7.25. The van der Waals surface area contributed by atoms with Crippen LogP contribution in [0.25, 0.3) is 16.9 Å². The first-order valence-corrected chi connectivity index (χ1v) is 7.25. The fourth-order valence-corrected chi connectivity index (χ4v) is 3.29. The van der Waals surface area contributed by atoms with Gasteiger partial charge in [-0.3, -0.25) is 4.57 Å². The van der Waals surface area contributed by atoms with E-state index in [1.807, 2.05) is 18.5 Å². The standard InChI is InChI=1S/C17H17N3/c1-12-7-8-16-14(11-12)13-5-2-3-6-15(13)20(16)17-18-9-4-10-19-17/h4,7-11H,2-3,5-6H2,1H3. The molecule has 2 aromatic heterocycles. The smallest absolute Gasteiger partial charge is 0.234 e. The van der Waals surface area contributed by atoms with Crippen LogP contribution in [0.1, 0.15) is 29.7 Å². The van der Waals surface area contributed by atoms with Gasteiger partial charge in [0, 0.05) is 23.5 Å². The summed E-state index contributed by atoms with van der Waals surface area (Å²) < 4.78 is 2.25. The Bertz CT molecular complexity index is 772. The number of benzene rings is 1. The van der Waals surface area contributed by atoms with Gasteiger partial charge in [0.2, 0.25) is 5.95 Å². The molecule has 4 rings (SSSR count). The van der Waals surface area contributed by atoms with E-state index in [1.165, 1.54) is 47.0 Å². The van der Waals surface area contributed by atoms with Crippen LogP contribution in [0.5, 0.6) is 0 Å². The van der Waals surface area contributed by atoms with E-state index < -0.39 is 0 Å². The Balaban J connectivity index is 2.09. The average Bonchev–Trinajstić information content (AvgIpc) is 2.82. The fraction of sp³-hybridized carbons (Fsp3) is 0.294. The molecule has 3 heteroatoms. The number of rotatable bonds is 1. The van der Waals surface area contributed by atoms with Gasteiger partial charge in [0.15, 0.2) is 0 Å². The lowest BCUT2D eigenvalue weighted by Crippen LogP contribution is -2.09. The van der Waals surface area contributed by atoms with Crippen molar-refractivity contribution in [2.45, 2.75) is 32.6 Å². The van der Waals surface area contributed by atoms with E-state index in [2.05, 4.69) is 39.7 Å². The lowest BCUT2D eigenvalue weighted by molar-refractivity contribution is 0.661. The number of nitrogens with zero attached hydrogens (tertiary/aromatic N) is 3. The molecule has 0 bridgehead atoms. The Morgan fingerprint density at radius 3 is 2.70 bits per heavy atom. The topological polar surface area (TPSA) is 30.7 Å². The van der Waals surface area contributed by atoms with Crippen molar-refractivity contribution in [2.75, 3.05) is 0 Å². The zero-order valence-electron chi connectivity index (χ0n) is 11.6. The molecule has 3 aromatic rings. The molecule has 0 saturated carbocycles. The van der Waals surface area contributed by atoms with Gasteiger partial charge in [0.1, 0.15) is 0 Å². The van der Waals surface area contributed by atoms with E-state index in [-0.39, 0.29) is 0 Å². The van der Waals surface area contributed by atoms with Crippen LogP contribution in [0.4, 0.5) is 0 Å². The van der Waals surface area contributed by atoms with Crippen LogP contribution in [0.2, 0.25) is 0 Å². The first-order chi connectivity index (χ1) is 9.84. The molecule has 0 N–H and O–H groups in total. The summed E-state index contributed by atoms with van der Waals surface area (Å²) in [5, 5.41) is 1.38. The van der Waals surface area contributed by atoms with Crippen LogP contribution in [0.15, 0.2) is 36.7 Å². The van der Waals surface area contributed by atoms with Gasteiger partial charge >= 0.3 is 0 Å². The largest absolute Gasteiger partial charge is 0.282 e. The third-order valence-electron chi connectivity index (χ3n) is 4.18. The second-order valence-corrected chi connectivity index (χ2v) is 5.54. The zero-order chi connectivity index (χ0) is 13.5. The first kappa shape index (κ1) is 11.6. The molecule has 0 fully saturated rings. The maximum Gasteiger partial charge on any atom is 0.234 e. The van der Waals surface area contributed by atoms with E-state index in [9.17, 15) is 0 Å².